The van der Waals surface area contributed by atoms with Crippen molar-refractivity contribution in [2.75, 3.05) is 27.9 Å². The summed E-state index contributed by atoms with van der Waals surface area (Å²) in [5.74, 6) is 1.84. The molecule has 2 aromatic rings. The summed E-state index contributed by atoms with van der Waals surface area (Å²) in [7, 11) is 4.80. The molecule has 0 amide bonds. The summed E-state index contributed by atoms with van der Waals surface area (Å²) in [6.07, 6.45) is 3.63. The fourth-order valence-corrected chi connectivity index (χ4v) is 2.96. The molecule has 0 aliphatic rings. The minimum atomic E-state index is 0.583. The predicted octanol–water partition coefficient (Wildman–Crippen LogP) is 5.77. The molecule has 0 aliphatic carbocycles. The Morgan fingerprint density at radius 2 is 1.70 bits per heavy atom. The van der Waals surface area contributed by atoms with Crippen molar-refractivity contribution in [2.24, 2.45) is 4.99 Å². The topological polar surface area (TPSA) is 52.9 Å². The largest absolute Gasteiger partial charge is 0.493 e. The maximum absolute atomic E-state index is 5.37. The Bertz CT molecular complexity index is 714. The zero-order valence-corrected chi connectivity index (χ0v) is 18.0. The fourth-order valence-electron chi connectivity index (χ4n) is 2.15. The van der Waals surface area contributed by atoms with E-state index in [-0.39, 0.29) is 0 Å². The summed E-state index contributed by atoms with van der Waals surface area (Å²) in [5.41, 5.74) is 2.98. The van der Waals surface area contributed by atoms with Crippen LogP contribution in [-0.4, -0.2) is 38.5 Å². The van der Waals surface area contributed by atoms with Crippen LogP contribution in [0.4, 0.5) is 0 Å². The molecule has 0 atom stereocenters. The summed E-state index contributed by atoms with van der Waals surface area (Å²) in [4.78, 5) is 4.89. The summed E-state index contributed by atoms with van der Waals surface area (Å²) < 4.78 is 20.3. The second kappa shape index (κ2) is 13.6. The molecule has 0 saturated heterocycles. The second-order valence-corrected chi connectivity index (χ2v) is 5.82. The van der Waals surface area contributed by atoms with Crippen molar-refractivity contribution in [3.63, 3.8) is 0 Å². The predicted molar refractivity (Wildman–Crippen MR) is 118 cm³/mol. The van der Waals surface area contributed by atoms with Crippen LogP contribution in [-0.2, 0) is 0 Å². The van der Waals surface area contributed by atoms with Gasteiger partial charge in [-0.05, 0) is 56.2 Å². The standard InChI is InChI=1S/C15H17NO3S.C4H9N.C2H4/c1-9(2)11-8-16-20-15(11)10-6-12(17-3)14(19-5)13(7-10)18-4;1-3-5-4-2;1-2/h6-8H,1H2,2-5H3;3H,4H2,1-2H3;1-2H2. The molecular formula is C21H30N2O3S. The maximum atomic E-state index is 5.37. The van der Waals surface area contributed by atoms with Gasteiger partial charge in [-0.2, -0.15) is 4.37 Å². The Balaban J connectivity index is 0.000000838. The van der Waals surface area contributed by atoms with Crippen molar-refractivity contribution >= 4 is 23.3 Å². The van der Waals surface area contributed by atoms with E-state index < -0.39 is 0 Å². The Labute approximate surface area is 167 Å². The van der Waals surface area contributed by atoms with E-state index in [9.17, 15) is 0 Å². The van der Waals surface area contributed by atoms with Gasteiger partial charge in [0.15, 0.2) is 11.5 Å². The first-order chi connectivity index (χ1) is 13.0. The van der Waals surface area contributed by atoms with Gasteiger partial charge in [0.2, 0.25) is 5.75 Å². The molecular weight excluding hydrogens is 360 g/mol. The van der Waals surface area contributed by atoms with Gasteiger partial charge >= 0.3 is 0 Å². The van der Waals surface area contributed by atoms with Crippen LogP contribution in [0.2, 0.25) is 0 Å². The van der Waals surface area contributed by atoms with Crippen LogP contribution in [0, 0.1) is 0 Å². The average molecular weight is 391 g/mol. The van der Waals surface area contributed by atoms with Crippen LogP contribution in [0.3, 0.4) is 0 Å². The van der Waals surface area contributed by atoms with E-state index in [1.54, 1.807) is 27.5 Å². The molecule has 1 aromatic carbocycles. The summed E-state index contributed by atoms with van der Waals surface area (Å²) in [5, 5.41) is 0. The highest BCUT2D eigenvalue weighted by Crippen LogP contribution is 2.43. The van der Waals surface area contributed by atoms with Gasteiger partial charge in [-0.1, -0.05) is 6.58 Å². The van der Waals surface area contributed by atoms with Crippen LogP contribution < -0.4 is 14.2 Å². The monoisotopic (exact) mass is 390 g/mol. The van der Waals surface area contributed by atoms with E-state index in [0.29, 0.717) is 17.2 Å². The van der Waals surface area contributed by atoms with Crippen LogP contribution in [0.15, 0.2) is 43.1 Å². The molecule has 1 heterocycles. The number of ether oxygens (including phenoxy) is 3. The molecule has 2 rings (SSSR count). The number of hydrogen-bond acceptors (Lipinski definition) is 6. The third-order valence-corrected chi connectivity index (χ3v) is 4.17. The fraction of sp³-hybridized carbons (Fsp3) is 0.333. The summed E-state index contributed by atoms with van der Waals surface area (Å²) in [6, 6.07) is 3.84. The molecule has 0 fully saturated rings. The van der Waals surface area contributed by atoms with Gasteiger partial charge in [0, 0.05) is 23.9 Å². The minimum absolute atomic E-state index is 0.583. The van der Waals surface area contributed by atoms with Crippen molar-refractivity contribution in [3.8, 4) is 27.7 Å². The smallest absolute Gasteiger partial charge is 0.203 e. The SMILES string of the molecule is C=C.C=C(C)c1cnsc1-c1cc(OC)c(OC)c(OC)c1.CC=NCC. The van der Waals surface area contributed by atoms with Gasteiger partial charge in [-0.25, -0.2) is 0 Å². The number of rotatable bonds is 6. The van der Waals surface area contributed by atoms with Crippen molar-refractivity contribution in [1.29, 1.82) is 0 Å². The van der Waals surface area contributed by atoms with Gasteiger partial charge in [0.05, 0.1) is 26.2 Å². The molecule has 0 radical (unpaired) electrons. The van der Waals surface area contributed by atoms with Gasteiger partial charge < -0.3 is 14.2 Å². The number of allylic oxidation sites excluding steroid dienone is 1. The average Bonchev–Trinajstić information content (AvgIpc) is 3.19. The number of benzene rings is 1. The van der Waals surface area contributed by atoms with E-state index in [1.165, 1.54) is 11.5 Å². The van der Waals surface area contributed by atoms with Crippen LogP contribution in [0.1, 0.15) is 26.3 Å². The highest BCUT2D eigenvalue weighted by Gasteiger charge is 2.17. The molecule has 0 aliphatic heterocycles. The molecule has 5 nitrogen and oxygen atoms in total. The highest BCUT2D eigenvalue weighted by atomic mass is 32.1. The van der Waals surface area contributed by atoms with Crippen LogP contribution >= 0.6 is 11.5 Å². The minimum Gasteiger partial charge on any atom is -0.493 e. The number of methoxy groups -OCH3 is 3. The van der Waals surface area contributed by atoms with Crippen molar-refractivity contribution < 1.29 is 14.2 Å². The lowest BCUT2D eigenvalue weighted by atomic mass is 10.1. The zero-order chi connectivity index (χ0) is 20.8. The summed E-state index contributed by atoms with van der Waals surface area (Å²) >= 11 is 1.42. The van der Waals surface area contributed by atoms with Gasteiger partial charge in [-0.15, -0.1) is 13.2 Å². The summed E-state index contributed by atoms with van der Waals surface area (Å²) in [6.45, 7) is 16.8. The Kier molecular flexibility index (Phi) is 12.3. The Morgan fingerprint density at radius 3 is 2.04 bits per heavy atom. The third-order valence-electron chi connectivity index (χ3n) is 3.32. The first-order valence-electron chi connectivity index (χ1n) is 8.39. The molecule has 0 N–H and O–H groups in total. The number of aromatic nitrogens is 1. The molecule has 0 unspecified atom stereocenters. The molecule has 27 heavy (non-hydrogen) atoms. The van der Waals surface area contributed by atoms with Crippen molar-refractivity contribution in [1.82, 2.24) is 4.37 Å². The normalized spacial score (nSPS) is 9.56. The lowest BCUT2D eigenvalue weighted by molar-refractivity contribution is 0.324. The second-order valence-electron chi connectivity index (χ2n) is 5.02. The molecule has 0 bridgehead atoms. The van der Waals surface area contributed by atoms with Gasteiger partial charge in [-0.3, -0.25) is 4.99 Å². The van der Waals surface area contributed by atoms with E-state index in [4.69, 9.17) is 14.2 Å². The molecule has 1 aromatic heterocycles. The number of nitrogens with zero attached hydrogens (tertiary/aromatic N) is 2. The van der Waals surface area contributed by atoms with Crippen molar-refractivity contribution in [2.45, 2.75) is 20.8 Å². The Morgan fingerprint density at radius 1 is 1.15 bits per heavy atom. The first kappa shape index (κ1) is 24.4. The number of aliphatic imine (C=N–C) groups is 1. The van der Waals surface area contributed by atoms with E-state index in [0.717, 1.165) is 28.1 Å². The van der Waals surface area contributed by atoms with Crippen molar-refractivity contribution in [3.05, 3.63) is 43.6 Å². The quantitative estimate of drug-likeness (QED) is 0.464. The van der Waals surface area contributed by atoms with E-state index in [1.807, 2.05) is 39.1 Å². The number of hydrogen-bond donors (Lipinski definition) is 0. The van der Waals surface area contributed by atoms with E-state index in [2.05, 4.69) is 29.1 Å². The zero-order valence-electron chi connectivity index (χ0n) is 17.2. The van der Waals surface area contributed by atoms with Gasteiger partial charge in [0.1, 0.15) is 0 Å². The molecule has 148 valence electrons. The highest BCUT2D eigenvalue weighted by molar-refractivity contribution is 7.09. The first-order valence-corrected chi connectivity index (χ1v) is 9.16. The Hall–Kier alpha value is -2.60. The molecule has 0 spiro atoms. The van der Waals surface area contributed by atoms with Gasteiger partial charge in [0.25, 0.3) is 0 Å². The third kappa shape index (κ3) is 6.90. The lowest BCUT2D eigenvalue weighted by Gasteiger charge is -2.14. The molecule has 0 saturated carbocycles. The van der Waals surface area contributed by atoms with Crippen LogP contribution in [0.5, 0.6) is 17.2 Å². The lowest BCUT2D eigenvalue weighted by Crippen LogP contribution is -1.95. The maximum Gasteiger partial charge on any atom is 0.203 e. The van der Waals surface area contributed by atoms with E-state index >= 15 is 0 Å². The molecule has 6 heteroatoms. The van der Waals surface area contributed by atoms with Crippen LogP contribution in [0.25, 0.3) is 16.0 Å².